The molecule has 1 fully saturated rings. The lowest BCUT2D eigenvalue weighted by Gasteiger charge is -2.19. The normalized spacial score (nSPS) is 27.1. The van der Waals surface area contributed by atoms with E-state index in [1.807, 2.05) is 6.07 Å². The first-order valence-electron chi connectivity index (χ1n) is 9.27. The van der Waals surface area contributed by atoms with Gasteiger partial charge in [-0.25, -0.2) is 4.39 Å². The largest absolute Gasteiger partial charge is 0.481 e. The molecule has 0 spiro atoms. The zero-order chi connectivity index (χ0) is 22.2. The van der Waals surface area contributed by atoms with Crippen LogP contribution in [0.25, 0.3) is 0 Å². The lowest BCUT2D eigenvalue weighted by Crippen LogP contribution is -2.21. The van der Waals surface area contributed by atoms with Crippen molar-refractivity contribution in [3.8, 4) is 17.6 Å². The Hall–Kier alpha value is -2.55. The van der Waals surface area contributed by atoms with E-state index in [9.17, 15) is 19.6 Å². The third-order valence-electron chi connectivity index (χ3n) is 6.58. The highest BCUT2D eigenvalue weighted by Gasteiger charge is 2.84. The van der Waals surface area contributed by atoms with Crippen molar-refractivity contribution in [3.05, 3.63) is 70.5 Å². The standard InChI is InChI=1S/C23H20Cl2FNO3/c1-21(10-11-27)22(2,20(28)29)23(21,14-19(24)25)13-15-8-9-17(26)18(12-15)30-16-6-4-3-5-7-16/h3-9,12,14H,10,13H2,1-2H3,(H,28,29). The van der Waals surface area contributed by atoms with Crippen molar-refractivity contribution in [3.63, 3.8) is 0 Å². The van der Waals surface area contributed by atoms with Gasteiger partial charge in [0.25, 0.3) is 0 Å². The molecule has 1 saturated carbocycles. The van der Waals surface area contributed by atoms with Crippen LogP contribution < -0.4 is 4.74 Å². The molecule has 3 atom stereocenters. The fourth-order valence-electron chi connectivity index (χ4n) is 4.62. The van der Waals surface area contributed by atoms with Crippen LogP contribution in [0.15, 0.2) is 59.1 Å². The van der Waals surface area contributed by atoms with E-state index in [1.165, 1.54) is 18.2 Å². The van der Waals surface area contributed by atoms with Gasteiger partial charge in [-0.05, 0) is 49.2 Å². The van der Waals surface area contributed by atoms with E-state index in [2.05, 4.69) is 6.07 Å². The van der Waals surface area contributed by atoms with Gasteiger partial charge in [0, 0.05) is 17.3 Å². The van der Waals surface area contributed by atoms with Gasteiger partial charge >= 0.3 is 5.97 Å². The number of halogens is 3. The minimum Gasteiger partial charge on any atom is -0.481 e. The Morgan fingerprint density at radius 2 is 1.90 bits per heavy atom. The fraction of sp³-hybridized carbons (Fsp3) is 0.304. The average molecular weight is 448 g/mol. The molecule has 156 valence electrons. The summed E-state index contributed by atoms with van der Waals surface area (Å²) in [6.07, 6.45) is 1.70. The summed E-state index contributed by atoms with van der Waals surface area (Å²) < 4.78 is 19.9. The molecule has 1 aliphatic rings. The van der Waals surface area contributed by atoms with E-state index >= 15 is 0 Å². The van der Waals surface area contributed by atoms with Crippen molar-refractivity contribution in [1.29, 1.82) is 5.26 Å². The van der Waals surface area contributed by atoms with Gasteiger partial charge < -0.3 is 9.84 Å². The van der Waals surface area contributed by atoms with Crippen molar-refractivity contribution in [2.24, 2.45) is 16.2 Å². The number of ether oxygens (including phenoxy) is 1. The van der Waals surface area contributed by atoms with Crippen LogP contribution in [0.4, 0.5) is 4.39 Å². The zero-order valence-electron chi connectivity index (χ0n) is 16.5. The van der Waals surface area contributed by atoms with Crippen LogP contribution in [-0.4, -0.2) is 11.1 Å². The highest BCUT2D eigenvalue weighted by molar-refractivity contribution is 6.55. The number of para-hydroxylation sites is 1. The topological polar surface area (TPSA) is 70.3 Å². The molecule has 3 rings (SSSR count). The predicted molar refractivity (Wildman–Crippen MR) is 113 cm³/mol. The SMILES string of the molecule is CC1(CC#N)C(C=C(Cl)Cl)(Cc2ccc(F)c(Oc3ccccc3)c2)C1(C)C(=O)O. The predicted octanol–water partition coefficient (Wildman–Crippen LogP) is 6.49. The molecule has 30 heavy (non-hydrogen) atoms. The highest BCUT2D eigenvalue weighted by atomic mass is 35.5. The van der Waals surface area contributed by atoms with Crippen LogP contribution in [-0.2, 0) is 11.2 Å². The lowest BCUT2D eigenvalue weighted by molar-refractivity contribution is -0.144. The maximum Gasteiger partial charge on any atom is 0.310 e. The first-order chi connectivity index (χ1) is 14.1. The van der Waals surface area contributed by atoms with Gasteiger partial charge in [0.15, 0.2) is 11.6 Å². The van der Waals surface area contributed by atoms with Crippen LogP contribution in [0.1, 0.15) is 25.8 Å². The third-order valence-corrected chi connectivity index (χ3v) is 6.80. The first-order valence-corrected chi connectivity index (χ1v) is 10.0. The van der Waals surface area contributed by atoms with Crippen LogP contribution in [0.2, 0.25) is 0 Å². The molecule has 0 heterocycles. The van der Waals surface area contributed by atoms with Crippen LogP contribution in [0, 0.1) is 33.4 Å². The molecule has 0 bridgehead atoms. The number of allylic oxidation sites excluding steroid dienone is 1. The van der Waals surface area contributed by atoms with Gasteiger partial charge in [-0.1, -0.05) is 54.4 Å². The second-order valence-corrected chi connectivity index (χ2v) is 8.87. The lowest BCUT2D eigenvalue weighted by atomic mass is 9.85. The van der Waals surface area contributed by atoms with Crippen LogP contribution in [0.3, 0.4) is 0 Å². The van der Waals surface area contributed by atoms with Crippen molar-refractivity contribution < 1.29 is 19.0 Å². The Bertz CT molecular complexity index is 1050. The molecule has 7 heteroatoms. The molecule has 0 aliphatic heterocycles. The number of carbonyl (C=O) groups is 1. The summed E-state index contributed by atoms with van der Waals surface area (Å²) in [5, 5.41) is 19.3. The molecule has 1 aliphatic carbocycles. The zero-order valence-corrected chi connectivity index (χ0v) is 18.0. The minimum atomic E-state index is -1.28. The number of rotatable bonds is 7. The molecular weight excluding hydrogens is 428 g/mol. The monoisotopic (exact) mass is 447 g/mol. The summed E-state index contributed by atoms with van der Waals surface area (Å²) in [6, 6.07) is 15.2. The summed E-state index contributed by atoms with van der Waals surface area (Å²) in [6.45, 7) is 3.33. The number of aliphatic carboxylic acids is 1. The molecule has 0 saturated heterocycles. The highest BCUT2D eigenvalue weighted by Crippen LogP contribution is 2.81. The number of carboxylic acids is 1. The van der Waals surface area contributed by atoms with Crippen molar-refractivity contribution in [1.82, 2.24) is 0 Å². The second kappa shape index (κ2) is 7.94. The number of carboxylic acid groups (broad SMARTS) is 1. The van der Waals surface area contributed by atoms with Crippen molar-refractivity contribution >= 4 is 29.2 Å². The van der Waals surface area contributed by atoms with Crippen molar-refractivity contribution in [2.75, 3.05) is 0 Å². The number of benzene rings is 2. The van der Waals surface area contributed by atoms with Gasteiger partial charge in [0.2, 0.25) is 0 Å². The molecule has 2 aromatic carbocycles. The van der Waals surface area contributed by atoms with E-state index in [0.29, 0.717) is 11.3 Å². The Labute approximate surface area is 184 Å². The molecule has 3 unspecified atom stereocenters. The second-order valence-electron chi connectivity index (χ2n) is 7.86. The van der Waals surface area contributed by atoms with Gasteiger partial charge in [0.05, 0.1) is 11.5 Å². The Morgan fingerprint density at radius 3 is 2.47 bits per heavy atom. The van der Waals surface area contributed by atoms with E-state index in [-0.39, 0.29) is 23.1 Å². The van der Waals surface area contributed by atoms with Gasteiger partial charge in [-0.15, -0.1) is 0 Å². The fourth-order valence-corrected chi connectivity index (χ4v) is 4.99. The third kappa shape index (κ3) is 3.34. The number of hydrogen-bond acceptors (Lipinski definition) is 3. The Morgan fingerprint density at radius 1 is 1.23 bits per heavy atom. The van der Waals surface area contributed by atoms with E-state index in [4.69, 9.17) is 27.9 Å². The van der Waals surface area contributed by atoms with Crippen LogP contribution in [0.5, 0.6) is 11.5 Å². The summed E-state index contributed by atoms with van der Waals surface area (Å²) >= 11 is 11.9. The van der Waals surface area contributed by atoms with Crippen LogP contribution >= 0.6 is 23.2 Å². The molecule has 0 radical (unpaired) electrons. The average Bonchev–Trinajstić information content (AvgIpc) is 3.08. The van der Waals surface area contributed by atoms with E-state index in [0.717, 1.165) is 0 Å². The van der Waals surface area contributed by atoms with Gasteiger partial charge in [-0.2, -0.15) is 5.26 Å². The molecule has 0 amide bonds. The number of nitriles is 1. The quantitative estimate of drug-likeness (QED) is 0.526. The maximum absolute atomic E-state index is 14.4. The van der Waals surface area contributed by atoms with Gasteiger partial charge in [-0.3, -0.25) is 4.79 Å². The maximum atomic E-state index is 14.4. The van der Waals surface area contributed by atoms with Gasteiger partial charge in [0.1, 0.15) is 10.2 Å². The van der Waals surface area contributed by atoms with E-state index in [1.54, 1.807) is 44.2 Å². The minimum absolute atomic E-state index is 0.00191. The molecule has 1 N–H and O–H groups in total. The molecule has 0 aromatic heterocycles. The van der Waals surface area contributed by atoms with E-state index < -0.39 is 28.0 Å². The smallest absolute Gasteiger partial charge is 0.310 e. The Balaban J connectivity index is 2.04. The summed E-state index contributed by atoms with van der Waals surface area (Å²) in [4.78, 5) is 12.2. The molecule has 4 nitrogen and oxygen atoms in total. The summed E-state index contributed by atoms with van der Waals surface area (Å²) in [5.41, 5.74) is -2.57. The molecular formula is C23H20Cl2FNO3. The number of hydrogen-bond donors (Lipinski definition) is 1. The van der Waals surface area contributed by atoms with Crippen molar-refractivity contribution in [2.45, 2.75) is 26.7 Å². The molecule has 2 aromatic rings. The summed E-state index contributed by atoms with van der Waals surface area (Å²) in [7, 11) is 0. The summed E-state index contributed by atoms with van der Waals surface area (Å²) in [5.74, 6) is -1.09. The first kappa shape index (κ1) is 22.1. The Kier molecular flexibility index (Phi) is 5.86. The number of nitrogens with zero attached hydrogens (tertiary/aromatic N) is 1.